The quantitative estimate of drug-likeness (QED) is 0.430. The Labute approximate surface area is 139 Å². The monoisotopic (exact) mass is 364 g/mol. The van der Waals surface area contributed by atoms with Gasteiger partial charge in [0.1, 0.15) is 0 Å². The van der Waals surface area contributed by atoms with Gasteiger partial charge in [0.25, 0.3) is 0 Å². The molecule has 0 unspecified atom stereocenters. The fourth-order valence-electron chi connectivity index (χ4n) is 2.21. The summed E-state index contributed by atoms with van der Waals surface area (Å²) in [4.78, 5) is 0. The molecule has 0 heterocycles. The van der Waals surface area contributed by atoms with E-state index in [9.17, 15) is 26.3 Å². The summed E-state index contributed by atoms with van der Waals surface area (Å²) < 4.78 is 78.7. The maximum absolute atomic E-state index is 13.1. The Morgan fingerprint density at radius 3 is 1.80 bits per heavy atom. The fraction of sp³-hybridized carbons (Fsp3) is 0.200. The van der Waals surface area contributed by atoms with Crippen molar-refractivity contribution in [2.45, 2.75) is 12.4 Å². The molecule has 136 valence electrons. The Balaban J connectivity index is 2.44. The number of hydrogen-bond donors (Lipinski definition) is 3. The van der Waals surface area contributed by atoms with Gasteiger partial charge < -0.3 is 11.5 Å². The predicted molar refractivity (Wildman–Crippen MR) is 83.7 cm³/mol. The standard InChI is InChI=1S/C15H14F6N4/c1-25(13-5-3-9(23)7-11(13)15(19,20)21)24-12-4-2-8(22)6-10(12)14(16,17)18/h2-7,24H,22-23H2,1H3. The van der Waals surface area contributed by atoms with Crippen LogP contribution in [0.15, 0.2) is 36.4 Å². The van der Waals surface area contributed by atoms with Crippen molar-refractivity contribution < 1.29 is 26.3 Å². The van der Waals surface area contributed by atoms with E-state index in [0.717, 1.165) is 24.2 Å². The van der Waals surface area contributed by atoms with Crippen LogP contribution in [-0.4, -0.2) is 7.05 Å². The van der Waals surface area contributed by atoms with Crippen LogP contribution < -0.4 is 21.9 Å². The Hall–Kier alpha value is -2.78. The van der Waals surface area contributed by atoms with Crippen molar-refractivity contribution in [1.82, 2.24) is 0 Å². The van der Waals surface area contributed by atoms with Crippen molar-refractivity contribution in [3.8, 4) is 0 Å². The molecule has 0 aliphatic heterocycles. The van der Waals surface area contributed by atoms with Crippen molar-refractivity contribution in [3.05, 3.63) is 47.5 Å². The van der Waals surface area contributed by atoms with E-state index >= 15 is 0 Å². The minimum Gasteiger partial charge on any atom is -0.399 e. The fourth-order valence-corrected chi connectivity index (χ4v) is 2.21. The molecule has 25 heavy (non-hydrogen) atoms. The van der Waals surface area contributed by atoms with Gasteiger partial charge in [0, 0.05) is 18.4 Å². The molecule has 0 amide bonds. The van der Waals surface area contributed by atoms with Gasteiger partial charge in [0.2, 0.25) is 0 Å². The van der Waals surface area contributed by atoms with E-state index in [1.165, 1.54) is 12.1 Å². The summed E-state index contributed by atoms with van der Waals surface area (Å²) in [5, 5.41) is 0.836. The lowest BCUT2D eigenvalue weighted by Crippen LogP contribution is -2.29. The molecule has 0 saturated heterocycles. The second-order valence-corrected chi connectivity index (χ2v) is 5.25. The van der Waals surface area contributed by atoms with Gasteiger partial charge in [-0.15, -0.1) is 0 Å². The summed E-state index contributed by atoms with van der Waals surface area (Å²) in [6.45, 7) is 0. The third-order valence-corrected chi connectivity index (χ3v) is 3.32. The zero-order valence-corrected chi connectivity index (χ0v) is 12.8. The molecule has 0 aliphatic rings. The zero-order valence-electron chi connectivity index (χ0n) is 12.8. The van der Waals surface area contributed by atoms with Gasteiger partial charge in [-0.25, -0.2) is 0 Å². The molecule has 0 radical (unpaired) electrons. The van der Waals surface area contributed by atoms with Crippen LogP contribution in [0.3, 0.4) is 0 Å². The summed E-state index contributed by atoms with van der Waals surface area (Å²) in [6.07, 6.45) is -9.46. The molecular formula is C15H14F6N4. The van der Waals surface area contributed by atoms with E-state index < -0.39 is 29.2 Å². The molecule has 2 aromatic rings. The molecule has 0 saturated carbocycles. The first-order valence-electron chi connectivity index (χ1n) is 6.83. The molecule has 2 rings (SSSR count). The van der Waals surface area contributed by atoms with Crippen LogP contribution in [0, 0.1) is 0 Å². The van der Waals surface area contributed by atoms with Crippen molar-refractivity contribution in [2.24, 2.45) is 0 Å². The molecule has 4 nitrogen and oxygen atoms in total. The van der Waals surface area contributed by atoms with Crippen molar-refractivity contribution in [3.63, 3.8) is 0 Å². The second kappa shape index (κ2) is 6.26. The van der Waals surface area contributed by atoms with Crippen LogP contribution in [0.25, 0.3) is 0 Å². The highest BCUT2D eigenvalue weighted by molar-refractivity contribution is 5.66. The first kappa shape index (κ1) is 18.6. The summed E-state index contributed by atoms with van der Waals surface area (Å²) in [7, 11) is 1.16. The molecule has 0 atom stereocenters. The Morgan fingerprint density at radius 1 is 0.800 bits per heavy atom. The minimum absolute atomic E-state index is 0.118. The van der Waals surface area contributed by atoms with E-state index in [1.807, 2.05) is 0 Å². The van der Waals surface area contributed by atoms with Gasteiger partial charge in [-0.05, 0) is 36.4 Å². The topological polar surface area (TPSA) is 67.3 Å². The van der Waals surface area contributed by atoms with E-state index in [0.29, 0.717) is 12.1 Å². The van der Waals surface area contributed by atoms with Crippen LogP contribution in [0.2, 0.25) is 0 Å². The molecule has 0 aliphatic carbocycles. The maximum Gasteiger partial charge on any atom is 0.418 e. The van der Waals surface area contributed by atoms with Crippen molar-refractivity contribution in [1.29, 1.82) is 0 Å². The molecule has 10 heteroatoms. The average molecular weight is 364 g/mol. The highest BCUT2D eigenvalue weighted by atomic mass is 19.4. The molecule has 5 N–H and O–H groups in total. The smallest absolute Gasteiger partial charge is 0.399 e. The minimum atomic E-state index is -4.73. The number of hydrogen-bond acceptors (Lipinski definition) is 4. The number of nitrogens with zero attached hydrogens (tertiary/aromatic N) is 1. The van der Waals surface area contributed by atoms with Crippen LogP contribution >= 0.6 is 0 Å². The van der Waals surface area contributed by atoms with E-state index in [4.69, 9.17) is 11.5 Å². The summed E-state index contributed by atoms with van der Waals surface area (Å²) in [6, 6.07) is 5.94. The third kappa shape index (κ3) is 4.20. The molecule has 0 spiro atoms. The maximum atomic E-state index is 13.1. The summed E-state index contributed by atoms with van der Waals surface area (Å²) in [5.74, 6) is 0. The molecule has 0 bridgehead atoms. The average Bonchev–Trinajstić information content (AvgIpc) is 2.47. The Kier molecular flexibility index (Phi) is 4.65. The molecule has 0 fully saturated rings. The number of halogens is 6. The Bertz CT molecular complexity index is 770. The molecular weight excluding hydrogens is 350 g/mol. The van der Waals surface area contributed by atoms with Gasteiger partial charge in [0.15, 0.2) is 0 Å². The second-order valence-electron chi connectivity index (χ2n) is 5.25. The van der Waals surface area contributed by atoms with Gasteiger partial charge in [-0.1, -0.05) is 0 Å². The number of rotatable bonds is 3. The van der Waals surface area contributed by atoms with Gasteiger partial charge in [-0.3, -0.25) is 10.4 Å². The first-order chi connectivity index (χ1) is 11.4. The third-order valence-electron chi connectivity index (χ3n) is 3.32. The van der Waals surface area contributed by atoms with Gasteiger partial charge >= 0.3 is 12.4 Å². The number of benzene rings is 2. The van der Waals surface area contributed by atoms with E-state index in [1.54, 1.807) is 0 Å². The number of alkyl halides is 6. The van der Waals surface area contributed by atoms with E-state index in [-0.39, 0.29) is 17.1 Å². The highest BCUT2D eigenvalue weighted by Gasteiger charge is 2.36. The number of nitrogens with two attached hydrogens (primary N) is 2. The lowest BCUT2D eigenvalue weighted by Gasteiger charge is -2.27. The predicted octanol–water partition coefficient (Wildman–Crippen LogP) is 4.35. The van der Waals surface area contributed by atoms with Gasteiger partial charge in [0.05, 0.1) is 22.5 Å². The summed E-state index contributed by atoms with van der Waals surface area (Å²) in [5.41, 5.74) is 9.81. The number of nitrogens with one attached hydrogen (secondary N) is 1. The number of anilines is 4. The van der Waals surface area contributed by atoms with Crippen LogP contribution in [0.1, 0.15) is 11.1 Å². The van der Waals surface area contributed by atoms with E-state index in [2.05, 4.69) is 5.43 Å². The number of nitrogen functional groups attached to an aromatic ring is 2. The lowest BCUT2D eigenvalue weighted by atomic mass is 10.1. The zero-order chi connectivity index (χ0) is 19.0. The lowest BCUT2D eigenvalue weighted by molar-refractivity contribution is -0.138. The summed E-state index contributed by atoms with van der Waals surface area (Å²) >= 11 is 0. The largest absolute Gasteiger partial charge is 0.418 e. The van der Waals surface area contributed by atoms with Gasteiger partial charge in [-0.2, -0.15) is 26.3 Å². The molecule has 2 aromatic carbocycles. The normalized spacial score (nSPS) is 12.1. The Morgan fingerprint density at radius 2 is 1.28 bits per heavy atom. The highest BCUT2D eigenvalue weighted by Crippen LogP contribution is 2.39. The van der Waals surface area contributed by atoms with Crippen LogP contribution in [-0.2, 0) is 12.4 Å². The first-order valence-corrected chi connectivity index (χ1v) is 6.83. The number of hydrazine groups is 1. The van der Waals surface area contributed by atoms with Crippen LogP contribution in [0.4, 0.5) is 49.1 Å². The SMILES string of the molecule is CN(Nc1ccc(N)cc1C(F)(F)F)c1ccc(N)cc1C(F)(F)F. The van der Waals surface area contributed by atoms with Crippen molar-refractivity contribution in [2.75, 3.05) is 28.9 Å². The van der Waals surface area contributed by atoms with Crippen molar-refractivity contribution >= 4 is 22.7 Å². The molecule has 0 aromatic heterocycles. The van der Waals surface area contributed by atoms with Crippen LogP contribution in [0.5, 0.6) is 0 Å².